The average molecular weight is 335 g/mol. The van der Waals surface area contributed by atoms with Crippen LogP contribution >= 0.6 is 0 Å². The highest BCUT2D eigenvalue weighted by Gasteiger charge is 2.31. The van der Waals surface area contributed by atoms with Gasteiger partial charge in [0, 0.05) is 6.54 Å². The van der Waals surface area contributed by atoms with Gasteiger partial charge >= 0.3 is 0 Å². The van der Waals surface area contributed by atoms with Gasteiger partial charge in [0.25, 0.3) is 0 Å². The smallest absolute Gasteiger partial charge is 0.238 e. The summed E-state index contributed by atoms with van der Waals surface area (Å²) in [7, 11) is -4.07. The molecule has 0 aliphatic rings. The summed E-state index contributed by atoms with van der Waals surface area (Å²) in [6.07, 6.45) is 0. The van der Waals surface area contributed by atoms with Crippen LogP contribution < -0.4 is 5.32 Å². The molecular weight excluding hydrogens is 317 g/mol. The number of sulfone groups is 1. The summed E-state index contributed by atoms with van der Waals surface area (Å²) >= 11 is 0. The third-order valence-corrected chi connectivity index (χ3v) is 5.65. The van der Waals surface area contributed by atoms with Gasteiger partial charge < -0.3 is 5.32 Å². The zero-order valence-corrected chi connectivity index (χ0v) is 13.7. The Balaban J connectivity index is 2.10. The van der Waals surface area contributed by atoms with Gasteiger partial charge in [-0.25, -0.2) is 12.8 Å². The van der Waals surface area contributed by atoms with E-state index in [0.29, 0.717) is 0 Å². The van der Waals surface area contributed by atoms with E-state index >= 15 is 0 Å². The first-order valence-corrected chi connectivity index (χ1v) is 8.68. The van der Waals surface area contributed by atoms with E-state index in [9.17, 15) is 17.6 Å². The Morgan fingerprint density at radius 2 is 1.74 bits per heavy atom. The predicted molar refractivity (Wildman–Crippen MR) is 86.1 cm³/mol. The largest absolute Gasteiger partial charge is 0.351 e. The molecule has 0 fully saturated rings. The minimum Gasteiger partial charge on any atom is -0.351 e. The zero-order valence-electron chi connectivity index (χ0n) is 12.9. The number of halogens is 1. The first kappa shape index (κ1) is 17.1. The van der Waals surface area contributed by atoms with E-state index in [1.165, 1.54) is 19.1 Å². The molecule has 1 unspecified atom stereocenters. The van der Waals surface area contributed by atoms with Gasteiger partial charge in [-0.15, -0.1) is 0 Å². The molecule has 2 aromatic rings. The number of carbonyl (C=O) groups excluding carboxylic acids is 1. The summed E-state index contributed by atoms with van der Waals surface area (Å²) in [5.41, 5.74) is 1.95. The van der Waals surface area contributed by atoms with Crippen LogP contribution in [0.2, 0.25) is 0 Å². The topological polar surface area (TPSA) is 63.2 Å². The quantitative estimate of drug-likeness (QED) is 0.913. The number of hydrogen-bond acceptors (Lipinski definition) is 3. The monoisotopic (exact) mass is 335 g/mol. The summed E-state index contributed by atoms with van der Waals surface area (Å²) in [4.78, 5) is 11.6. The van der Waals surface area contributed by atoms with Gasteiger partial charge in [0.1, 0.15) is 16.0 Å². The standard InChI is InChI=1S/C17H18FNO3S/c1-12-7-9-14(10-8-12)11-19-17(20)13(2)23(21,22)16-6-4-3-5-15(16)18/h3-10,13H,11H2,1-2H3,(H,19,20). The van der Waals surface area contributed by atoms with E-state index < -0.39 is 31.7 Å². The van der Waals surface area contributed by atoms with Crippen molar-refractivity contribution in [1.29, 1.82) is 0 Å². The number of hydrogen-bond donors (Lipinski definition) is 1. The number of rotatable bonds is 5. The van der Waals surface area contributed by atoms with E-state index in [4.69, 9.17) is 0 Å². The van der Waals surface area contributed by atoms with Crippen molar-refractivity contribution in [2.24, 2.45) is 0 Å². The number of nitrogens with one attached hydrogen (secondary N) is 1. The van der Waals surface area contributed by atoms with Crippen LogP contribution in [-0.4, -0.2) is 19.6 Å². The fraction of sp³-hybridized carbons (Fsp3) is 0.235. The Labute approximate surface area is 135 Å². The van der Waals surface area contributed by atoms with E-state index in [0.717, 1.165) is 23.3 Å². The van der Waals surface area contributed by atoms with Gasteiger partial charge in [-0.05, 0) is 31.5 Å². The van der Waals surface area contributed by atoms with Gasteiger partial charge in [0.2, 0.25) is 5.91 Å². The van der Waals surface area contributed by atoms with Crippen LogP contribution in [0.25, 0.3) is 0 Å². The number of carbonyl (C=O) groups is 1. The highest BCUT2D eigenvalue weighted by atomic mass is 32.2. The summed E-state index contributed by atoms with van der Waals surface area (Å²) in [5.74, 6) is -1.51. The van der Waals surface area contributed by atoms with Gasteiger partial charge in [0.15, 0.2) is 9.84 Å². The lowest BCUT2D eigenvalue weighted by Gasteiger charge is -2.14. The molecule has 0 spiro atoms. The van der Waals surface area contributed by atoms with Gasteiger partial charge in [0.05, 0.1) is 0 Å². The van der Waals surface area contributed by atoms with Crippen LogP contribution in [0.4, 0.5) is 4.39 Å². The first-order valence-electron chi connectivity index (χ1n) is 7.14. The van der Waals surface area contributed by atoms with Crippen molar-refractivity contribution >= 4 is 15.7 Å². The molecule has 0 aromatic heterocycles. The predicted octanol–water partition coefficient (Wildman–Crippen LogP) is 2.61. The fourth-order valence-electron chi connectivity index (χ4n) is 2.05. The molecule has 1 atom stereocenters. The Morgan fingerprint density at radius 3 is 2.35 bits per heavy atom. The zero-order chi connectivity index (χ0) is 17.0. The number of aryl methyl sites for hydroxylation is 1. The van der Waals surface area contributed by atoms with Crippen molar-refractivity contribution in [3.8, 4) is 0 Å². The van der Waals surface area contributed by atoms with Crippen LogP contribution in [0, 0.1) is 12.7 Å². The van der Waals surface area contributed by atoms with Crippen molar-refractivity contribution in [3.63, 3.8) is 0 Å². The van der Waals surface area contributed by atoms with E-state index in [-0.39, 0.29) is 6.54 Å². The van der Waals surface area contributed by atoms with Gasteiger partial charge in [-0.2, -0.15) is 0 Å². The molecule has 122 valence electrons. The van der Waals surface area contributed by atoms with Gasteiger partial charge in [-0.3, -0.25) is 4.79 Å². The van der Waals surface area contributed by atoms with Crippen molar-refractivity contribution < 1.29 is 17.6 Å². The lowest BCUT2D eigenvalue weighted by atomic mass is 10.1. The SMILES string of the molecule is Cc1ccc(CNC(=O)C(C)S(=O)(=O)c2ccccc2F)cc1. The first-order chi connectivity index (χ1) is 10.8. The molecular formula is C17H18FNO3S. The maximum atomic E-state index is 13.7. The molecule has 23 heavy (non-hydrogen) atoms. The number of benzene rings is 2. The molecule has 1 N–H and O–H groups in total. The lowest BCUT2D eigenvalue weighted by Crippen LogP contribution is -2.37. The second-order valence-corrected chi connectivity index (χ2v) is 7.56. The van der Waals surface area contributed by atoms with Crippen molar-refractivity contribution in [1.82, 2.24) is 5.32 Å². The molecule has 0 bridgehead atoms. The highest BCUT2D eigenvalue weighted by molar-refractivity contribution is 7.92. The van der Waals surface area contributed by atoms with Crippen LogP contribution in [0.5, 0.6) is 0 Å². The van der Waals surface area contributed by atoms with Crippen molar-refractivity contribution in [2.75, 3.05) is 0 Å². The average Bonchev–Trinajstić information content (AvgIpc) is 2.53. The molecule has 0 heterocycles. The van der Waals surface area contributed by atoms with Crippen LogP contribution in [0.3, 0.4) is 0 Å². The fourth-order valence-corrected chi connectivity index (χ4v) is 3.40. The Bertz CT molecular complexity index is 801. The second kappa shape index (κ2) is 6.91. The van der Waals surface area contributed by atoms with E-state index in [1.807, 2.05) is 31.2 Å². The summed E-state index contributed by atoms with van der Waals surface area (Å²) in [6, 6.07) is 12.6. The highest BCUT2D eigenvalue weighted by Crippen LogP contribution is 2.19. The maximum Gasteiger partial charge on any atom is 0.238 e. The lowest BCUT2D eigenvalue weighted by molar-refractivity contribution is -0.120. The molecule has 2 aromatic carbocycles. The molecule has 0 aliphatic heterocycles. The minimum atomic E-state index is -4.07. The Hall–Kier alpha value is -2.21. The number of amides is 1. The minimum absolute atomic E-state index is 0.218. The maximum absolute atomic E-state index is 13.7. The molecule has 0 saturated heterocycles. The normalized spacial score (nSPS) is 12.7. The van der Waals surface area contributed by atoms with Crippen LogP contribution in [-0.2, 0) is 21.2 Å². The molecule has 4 nitrogen and oxygen atoms in total. The summed E-state index contributed by atoms with van der Waals surface area (Å²) in [6.45, 7) is 3.42. The van der Waals surface area contributed by atoms with Crippen molar-refractivity contribution in [2.45, 2.75) is 30.5 Å². The van der Waals surface area contributed by atoms with Crippen molar-refractivity contribution in [3.05, 3.63) is 65.5 Å². The summed E-state index contributed by atoms with van der Waals surface area (Å²) in [5, 5.41) is 1.20. The third kappa shape index (κ3) is 3.96. The van der Waals surface area contributed by atoms with Crippen LogP contribution in [0.15, 0.2) is 53.4 Å². The molecule has 1 amide bonds. The molecule has 0 radical (unpaired) electrons. The Kier molecular flexibility index (Phi) is 5.15. The molecule has 2 rings (SSSR count). The van der Waals surface area contributed by atoms with Crippen LogP contribution in [0.1, 0.15) is 18.1 Å². The van der Waals surface area contributed by atoms with Gasteiger partial charge in [-0.1, -0.05) is 42.0 Å². The van der Waals surface area contributed by atoms with E-state index in [2.05, 4.69) is 5.32 Å². The summed E-state index contributed by atoms with van der Waals surface area (Å²) < 4.78 is 38.4. The Morgan fingerprint density at radius 1 is 1.13 bits per heavy atom. The van der Waals surface area contributed by atoms with E-state index in [1.54, 1.807) is 0 Å². The second-order valence-electron chi connectivity index (χ2n) is 5.32. The molecule has 0 aliphatic carbocycles. The third-order valence-electron chi connectivity index (χ3n) is 3.57. The molecule has 0 saturated carbocycles. The molecule has 6 heteroatoms.